The second-order valence-electron chi connectivity index (χ2n) is 2.37. The summed E-state index contributed by atoms with van der Waals surface area (Å²) in [4.78, 5) is 0. The molecule has 64 valence electrons. The molecule has 0 aromatic heterocycles. The van der Waals surface area contributed by atoms with Gasteiger partial charge in [-0.1, -0.05) is 35.6 Å². The van der Waals surface area contributed by atoms with Gasteiger partial charge in [0, 0.05) is 7.05 Å². The van der Waals surface area contributed by atoms with Gasteiger partial charge in [-0.3, -0.25) is 0 Å². The molecular weight excluding hydrogens is 152 g/mol. The van der Waals surface area contributed by atoms with Crippen LogP contribution in [0.15, 0.2) is 35.6 Å². The Morgan fingerprint density at radius 3 is 2.58 bits per heavy atom. The van der Waals surface area contributed by atoms with Gasteiger partial charge in [0.15, 0.2) is 0 Å². The largest absolute Gasteiger partial charge is 0.219 e. The topological polar surface area (TPSA) is 51.5 Å². The Bertz CT molecular complexity index is 234. The molecule has 0 aliphatic carbocycles. The summed E-state index contributed by atoms with van der Waals surface area (Å²) in [6.45, 7) is 0.612. The zero-order chi connectivity index (χ0) is 8.81. The number of nitrogens with zero attached hydrogens (tertiary/aromatic N) is 2. The second-order valence-corrected chi connectivity index (χ2v) is 2.37. The van der Waals surface area contributed by atoms with Gasteiger partial charge in [-0.25, -0.2) is 10.5 Å². The van der Waals surface area contributed by atoms with Gasteiger partial charge < -0.3 is 0 Å². The van der Waals surface area contributed by atoms with E-state index in [9.17, 15) is 0 Å². The van der Waals surface area contributed by atoms with Crippen molar-refractivity contribution in [2.24, 2.45) is 5.22 Å². The van der Waals surface area contributed by atoms with E-state index in [-0.39, 0.29) is 0 Å². The molecule has 4 nitrogen and oxygen atoms in total. The number of nitrogens with one attached hydrogen (secondary N) is 2. The van der Waals surface area contributed by atoms with Crippen LogP contribution in [0.4, 0.5) is 0 Å². The first-order valence-corrected chi connectivity index (χ1v) is 3.73. The lowest BCUT2D eigenvalue weighted by Gasteiger charge is -2.14. The molecule has 0 atom stereocenters. The zero-order valence-electron chi connectivity index (χ0n) is 6.99. The molecule has 1 rings (SSSR count). The Morgan fingerprint density at radius 2 is 2.08 bits per heavy atom. The van der Waals surface area contributed by atoms with Gasteiger partial charge in [-0.15, -0.1) is 0 Å². The van der Waals surface area contributed by atoms with E-state index >= 15 is 0 Å². The molecule has 1 aromatic carbocycles. The van der Waals surface area contributed by atoms with E-state index in [0.29, 0.717) is 6.54 Å². The normalized spacial score (nSPS) is 9.42. The van der Waals surface area contributed by atoms with Gasteiger partial charge in [-0.05, 0) is 5.56 Å². The maximum absolute atomic E-state index is 6.80. The van der Waals surface area contributed by atoms with Crippen molar-refractivity contribution >= 4 is 0 Å². The van der Waals surface area contributed by atoms with E-state index in [1.165, 1.54) is 5.12 Å². The fourth-order valence-corrected chi connectivity index (χ4v) is 0.921. The van der Waals surface area contributed by atoms with Crippen LogP contribution < -0.4 is 5.43 Å². The molecule has 0 amide bonds. The Labute approximate surface area is 71.6 Å². The molecule has 0 fully saturated rings. The number of rotatable bonds is 4. The summed E-state index contributed by atoms with van der Waals surface area (Å²) in [6, 6.07) is 9.89. The van der Waals surface area contributed by atoms with E-state index in [0.717, 1.165) is 5.56 Å². The maximum atomic E-state index is 6.80. The lowest BCUT2D eigenvalue weighted by atomic mass is 10.2. The predicted octanol–water partition coefficient (Wildman–Crippen LogP) is 1.57. The monoisotopic (exact) mass is 164 g/mol. The molecule has 4 heteroatoms. The fraction of sp³-hybridized carbons (Fsp3) is 0.250. The van der Waals surface area contributed by atoms with Crippen molar-refractivity contribution in [1.29, 1.82) is 5.53 Å². The maximum Gasteiger partial charge on any atom is 0.0800 e. The number of hydrazine groups is 1. The van der Waals surface area contributed by atoms with Crippen LogP contribution in [0.25, 0.3) is 0 Å². The summed E-state index contributed by atoms with van der Waals surface area (Å²) in [6.07, 6.45) is 0. The Kier molecular flexibility index (Phi) is 3.22. The van der Waals surface area contributed by atoms with Crippen molar-refractivity contribution in [1.82, 2.24) is 10.5 Å². The average molecular weight is 164 g/mol. The second kappa shape index (κ2) is 4.46. The van der Waals surface area contributed by atoms with Gasteiger partial charge in [0.25, 0.3) is 0 Å². The highest BCUT2D eigenvalue weighted by Gasteiger charge is 1.97. The van der Waals surface area contributed by atoms with Crippen LogP contribution in [0, 0.1) is 5.53 Å². The molecule has 0 unspecified atom stereocenters. The Hall–Kier alpha value is -1.42. The van der Waals surface area contributed by atoms with Crippen molar-refractivity contribution < 1.29 is 0 Å². The van der Waals surface area contributed by atoms with Crippen molar-refractivity contribution in [2.75, 3.05) is 7.05 Å². The predicted molar refractivity (Wildman–Crippen MR) is 46.2 cm³/mol. The first-order valence-electron chi connectivity index (χ1n) is 3.73. The third kappa shape index (κ3) is 2.32. The molecule has 0 heterocycles. The van der Waals surface area contributed by atoms with E-state index in [4.69, 9.17) is 5.53 Å². The van der Waals surface area contributed by atoms with Crippen LogP contribution in [-0.2, 0) is 6.54 Å². The lowest BCUT2D eigenvalue weighted by Crippen LogP contribution is -2.28. The van der Waals surface area contributed by atoms with Crippen molar-refractivity contribution in [3.05, 3.63) is 35.9 Å². The smallest absolute Gasteiger partial charge is 0.0800 e. The van der Waals surface area contributed by atoms with Crippen molar-refractivity contribution in [3.8, 4) is 0 Å². The van der Waals surface area contributed by atoms with Crippen LogP contribution in [0.2, 0.25) is 0 Å². The molecule has 0 saturated carbocycles. The minimum atomic E-state index is 0.612. The van der Waals surface area contributed by atoms with Gasteiger partial charge in [0.05, 0.1) is 6.54 Å². The van der Waals surface area contributed by atoms with Gasteiger partial charge in [0.2, 0.25) is 0 Å². The molecule has 2 N–H and O–H groups in total. The van der Waals surface area contributed by atoms with E-state index in [2.05, 4.69) is 10.6 Å². The minimum Gasteiger partial charge on any atom is -0.219 e. The summed E-state index contributed by atoms with van der Waals surface area (Å²) in [5.41, 5.74) is 10.7. The molecule has 0 radical (unpaired) electrons. The van der Waals surface area contributed by atoms with Crippen molar-refractivity contribution in [2.45, 2.75) is 6.54 Å². The van der Waals surface area contributed by atoms with E-state index in [1.54, 1.807) is 7.05 Å². The fourth-order valence-electron chi connectivity index (χ4n) is 0.921. The van der Waals surface area contributed by atoms with Crippen molar-refractivity contribution in [3.63, 3.8) is 0 Å². The highest BCUT2D eigenvalue weighted by Crippen LogP contribution is 2.01. The minimum absolute atomic E-state index is 0.612. The van der Waals surface area contributed by atoms with Gasteiger partial charge in [-0.2, -0.15) is 5.53 Å². The highest BCUT2D eigenvalue weighted by molar-refractivity contribution is 5.13. The molecule has 12 heavy (non-hydrogen) atoms. The van der Waals surface area contributed by atoms with E-state index in [1.807, 2.05) is 30.3 Å². The van der Waals surface area contributed by atoms with Gasteiger partial charge in [0.1, 0.15) is 0 Å². The molecule has 0 bridgehead atoms. The van der Waals surface area contributed by atoms with E-state index < -0.39 is 0 Å². The SMILES string of the molecule is CNN(Cc1ccccc1)N=N. The first-order chi connectivity index (χ1) is 5.86. The summed E-state index contributed by atoms with van der Waals surface area (Å²) in [5.74, 6) is 0. The number of benzene rings is 1. The zero-order valence-corrected chi connectivity index (χ0v) is 6.99. The summed E-state index contributed by atoms with van der Waals surface area (Å²) >= 11 is 0. The van der Waals surface area contributed by atoms with Crippen LogP contribution in [0.1, 0.15) is 5.56 Å². The van der Waals surface area contributed by atoms with Crippen LogP contribution in [0.5, 0.6) is 0 Å². The molecule has 1 aromatic rings. The summed E-state index contributed by atoms with van der Waals surface area (Å²) in [5, 5.41) is 4.73. The summed E-state index contributed by atoms with van der Waals surface area (Å²) < 4.78 is 0. The quantitative estimate of drug-likeness (QED) is 0.524. The lowest BCUT2D eigenvalue weighted by molar-refractivity contribution is 0.185. The molecule has 0 aliphatic rings. The molecular formula is C8H12N4. The highest BCUT2D eigenvalue weighted by atomic mass is 15.7. The molecule has 0 saturated heterocycles. The Morgan fingerprint density at radius 1 is 1.42 bits per heavy atom. The van der Waals surface area contributed by atoms with Crippen LogP contribution in [0.3, 0.4) is 0 Å². The first kappa shape index (κ1) is 8.67. The van der Waals surface area contributed by atoms with Crippen LogP contribution >= 0.6 is 0 Å². The number of hydrogen-bond donors (Lipinski definition) is 2. The standard InChI is InChI=1S/C8H12N4/c1-10-12(11-9)7-8-5-3-2-4-6-8/h2-6,9-10H,7H2,1H3. The van der Waals surface area contributed by atoms with Crippen LogP contribution in [-0.4, -0.2) is 12.2 Å². The molecule has 0 aliphatic heterocycles. The third-order valence-electron chi connectivity index (χ3n) is 1.55. The summed E-state index contributed by atoms with van der Waals surface area (Å²) in [7, 11) is 1.74. The number of hydrogen-bond acceptors (Lipinski definition) is 3. The average Bonchev–Trinajstić information content (AvgIpc) is 2.16. The van der Waals surface area contributed by atoms with Gasteiger partial charge >= 0.3 is 0 Å². The third-order valence-corrected chi connectivity index (χ3v) is 1.55. The molecule has 0 spiro atoms. The Balaban J connectivity index is 2.56.